The highest BCUT2D eigenvalue weighted by Gasteiger charge is 2.39. The van der Waals surface area contributed by atoms with Crippen LogP contribution >= 0.6 is 0 Å². The summed E-state index contributed by atoms with van der Waals surface area (Å²) in [5.41, 5.74) is 0.900. The number of rotatable bonds is 3. The van der Waals surface area contributed by atoms with E-state index in [0.717, 1.165) is 30.4 Å². The molecule has 0 aliphatic heterocycles. The van der Waals surface area contributed by atoms with Crippen molar-refractivity contribution in [1.82, 2.24) is 0 Å². The zero-order chi connectivity index (χ0) is 12.5. The fourth-order valence-electron chi connectivity index (χ4n) is 2.32. The van der Waals surface area contributed by atoms with Crippen molar-refractivity contribution in [2.24, 2.45) is 4.99 Å². The maximum Gasteiger partial charge on any atom is 0.235 e. The summed E-state index contributed by atoms with van der Waals surface area (Å²) in [5.74, 6) is -0.159. The molecular formula is C13H14FNO2. The molecule has 0 heterocycles. The number of halogens is 1. The summed E-state index contributed by atoms with van der Waals surface area (Å²) in [4.78, 5) is 14.3. The van der Waals surface area contributed by atoms with Crippen molar-refractivity contribution in [3.63, 3.8) is 0 Å². The third kappa shape index (κ3) is 1.85. The summed E-state index contributed by atoms with van der Waals surface area (Å²) < 4.78 is 18.7. The number of benzene rings is 1. The van der Waals surface area contributed by atoms with Crippen molar-refractivity contribution in [2.45, 2.75) is 31.7 Å². The van der Waals surface area contributed by atoms with Gasteiger partial charge in [0.2, 0.25) is 6.08 Å². The van der Waals surface area contributed by atoms with Gasteiger partial charge in [0.15, 0.2) is 11.6 Å². The van der Waals surface area contributed by atoms with Gasteiger partial charge in [-0.3, -0.25) is 0 Å². The summed E-state index contributed by atoms with van der Waals surface area (Å²) in [6.45, 7) is 1.78. The van der Waals surface area contributed by atoms with Crippen LogP contribution in [0, 0.1) is 12.7 Å². The van der Waals surface area contributed by atoms with Gasteiger partial charge in [-0.25, -0.2) is 9.18 Å². The van der Waals surface area contributed by atoms with E-state index in [4.69, 9.17) is 4.74 Å². The summed E-state index contributed by atoms with van der Waals surface area (Å²) in [5, 5.41) is 0. The van der Waals surface area contributed by atoms with Gasteiger partial charge in [-0.1, -0.05) is 0 Å². The molecule has 1 aromatic rings. The van der Waals surface area contributed by atoms with Crippen molar-refractivity contribution in [1.29, 1.82) is 0 Å². The van der Waals surface area contributed by atoms with Crippen LogP contribution in [0.3, 0.4) is 0 Å². The second kappa shape index (κ2) is 4.30. The highest BCUT2D eigenvalue weighted by atomic mass is 19.1. The van der Waals surface area contributed by atoms with Gasteiger partial charge in [0.05, 0.1) is 12.6 Å². The lowest BCUT2D eigenvalue weighted by molar-refractivity contribution is 0.254. The Labute approximate surface area is 99.3 Å². The van der Waals surface area contributed by atoms with E-state index in [1.54, 1.807) is 13.0 Å². The van der Waals surface area contributed by atoms with Crippen LogP contribution in [0.4, 0.5) is 4.39 Å². The van der Waals surface area contributed by atoms with Gasteiger partial charge < -0.3 is 4.74 Å². The average molecular weight is 235 g/mol. The third-order valence-corrected chi connectivity index (χ3v) is 3.41. The van der Waals surface area contributed by atoms with Gasteiger partial charge in [0.25, 0.3) is 0 Å². The number of ether oxygens (including phenoxy) is 1. The minimum atomic E-state index is -0.556. The number of hydrogen-bond acceptors (Lipinski definition) is 3. The molecular weight excluding hydrogens is 221 g/mol. The number of methoxy groups -OCH3 is 1. The standard InChI is InChI=1S/C13H14FNO2/c1-9-6-10(7-11(14)12(9)17-2)13(15-8-16)4-3-5-13/h6-7H,3-5H2,1-2H3. The minimum Gasteiger partial charge on any atom is -0.493 e. The Morgan fingerprint density at radius 3 is 2.59 bits per heavy atom. The predicted molar refractivity (Wildman–Crippen MR) is 61.3 cm³/mol. The van der Waals surface area contributed by atoms with Crippen molar-refractivity contribution in [3.05, 3.63) is 29.1 Å². The molecule has 0 bridgehead atoms. The predicted octanol–water partition coefficient (Wildman–Crippen LogP) is 2.86. The maximum absolute atomic E-state index is 13.8. The molecule has 1 aromatic carbocycles. The van der Waals surface area contributed by atoms with Gasteiger partial charge in [-0.15, -0.1) is 0 Å². The van der Waals surface area contributed by atoms with Crippen LogP contribution in [0.15, 0.2) is 17.1 Å². The SMILES string of the molecule is COc1c(C)cc(C2(N=C=O)CCC2)cc1F. The largest absolute Gasteiger partial charge is 0.493 e. The molecule has 0 radical (unpaired) electrons. The Morgan fingerprint density at radius 1 is 1.47 bits per heavy atom. The quantitative estimate of drug-likeness (QED) is 0.597. The molecule has 2 rings (SSSR count). The van der Waals surface area contributed by atoms with Crippen LogP contribution < -0.4 is 4.74 Å². The summed E-state index contributed by atoms with van der Waals surface area (Å²) in [6.07, 6.45) is 4.14. The minimum absolute atomic E-state index is 0.248. The van der Waals surface area contributed by atoms with Gasteiger partial charge in [-0.05, 0) is 49.4 Å². The molecule has 4 heteroatoms. The van der Waals surface area contributed by atoms with E-state index in [-0.39, 0.29) is 5.75 Å². The van der Waals surface area contributed by atoms with Crippen LogP contribution in [0.25, 0.3) is 0 Å². The second-order valence-corrected chi connectivity index (χ2v) is 4.40. The monoisotopic (exact) mass is 235 g/mol. The van der Waals surface area contributed by atoms with Crippen LogP contribution in [-0.2, 0) is 10.3 Å². The average Bonchev–Trinajstić information content (AvgIpc) is 2.23. The molecule has 90 valence electrons. The van der Waals surface area contributed by atoms with Crippen LogP contribution in [0.5, 0.6) is 5.75 Å². The lowest BCUT2D eigenvalue weighted by Gasteiger charge is -2.37. The Morgan fingerprint density at radius 2 is 2.18 bits per heavy atom. The fraction of sp³-hybridized carbons (Fsp3) is 0.462. The zero-order valence-corrected chi connectivity index (χ0v) is 9.92. The van der Waals surface area contributed by atoms with Crippen LogP contribution in [-0.4, -0.2) is 13.2 Å². The van der Waals surface area contributed by atoms with Crippen LogP contribution in [0.1, 0.15) is 30.4 Å². The molecule has 0 unspecified atom stereocenters. The Kier molecular flexibility index (Phi) is 2.99. The van der Waals surface area contributed by atoms with Crippen molar-refractivity contribution >= 4 is 6.08 Å². The van der Waals surface area contributed by atoms with Crippen LogP contribution in [0.2, 0.25) is 0 Å². The molecule has 0 N–H and O–H groups in total. The number of aryl methyl sites for hydroxylation is 1. The molecule has 1 aliphatic carbocycles. The third-order valence-electron chi connectivity index (χ3n) is 3.41. The van der Waals surface area contributed by atoms with E-state index in [2.05, 4.69) is 4.99 Å². The number of nitrogens with zero attached hydrogens (tertiary/aromatic N) is 1. The molecule has 3 nitrogen and oxygen atoms in total. The number of isocyanates is 1. The topological polar surface area (TPSA) is 38.7 Å². The first-order valence-corrected chi connectivity index (χ1v) is 5.56. The van der Waals surface area contributed by atoms with E-state index in [9.17, 15) is 9.18 Å². The molecule has 17 heavy (non-hydrogen) atoms. The Hall–Kier alpha value is -1.67. The number of carbonyl (C=O) groups excluding carboxylic acids is 1. The first-order chi connectivity index (χ1) is 8.13. The Bertz CT molecular complexity index is 465. The van der Waals surface area contributed by atoms with Gasteiger partial charge >= 0.3 is 0 Å². The van der Waals surface area contributed by atoms with Gasteiger partial charge in [0.1, 0.15) is 0 Å². The van der Waals surface area contributed by atoms with Crippen molar-refractivity contribution in [3.8, 4) is 5.75 Å². The number of aliphatic imine (C=N–C) groups is 1. The molecule has 0 spiro atoms. The van der Waals surface area contributed by atoms with Gasteiger partial charge in [0, 0.05) is 0 Å². The van der Waals surface area contributed by atoms with Crippen molar-refractivity contribution < 1.29 is 13.9 Å². The molecule has 1 saturated carbocycles. The molecule has 0 atom stereocenters. The molecule has 0 amide bonds. The molecule has 0 saturated heterocycles. The van der Waals surface area contributed by atoms with E-state index in [1.807, 2.05) is 6.07 Å². The normalized spacial score (nSPS) is 16.9. The Balaban J connectivity index is 2.49. The lowest BCUT2D eigenvalue weighted by Crippen LogP contribution is -2.32. The highest BCUT2D eigenvalue weighted by Crippen LogP contribution is 2.45. The fourth-order valence-corrected chi connectivity index (χ4v) is 2.32. The molecule has 0 aromatic heterocycles. The summed E-state index contributed by atoms with van der Waals surface area (Å²) in [7, 11) is 1.44. The maximum atomic E-state index is 13.8. The van der Waals surface area contributed by atoms with E-state index in [1.165, 1.54) is 13.2 Å². The molecule has 1 aliphatic rings. The zero-order valence-electron chi connectivity index (χ0n) is 9.92. The lowest BCUT2D eigenvalue weighted by atomic mass is 9.72. The van der Waals surface area contributed by atoms with E-state index < -0.39 is 11.4 Å². The summed E-state index contributed by atoms with van der Waals surface area (Å²) >= 11 is 0. The second-order valence-electron chi connectivity index (χ2n) is 4.40. The molecule has 1 fully saturated rings. The first-order valence-electron chi connectivity index (χ1n) is 5.56. The van der Waals surface area contributed by atoms with E-state index >= 15 is 0 Å². The number of hydrogen-bond donors (Lipinski definition) is 0. The van der Waals surface area contributed by atoms with E-state index in [0.29, 0.717) is 0 Å². The first kappa shape index (κ1) is 11.8. The highest BCUT2D eigenvalue weighted by molar-refractivity contribution is 5.44. The van der Waals surface area contributed by atoms with Gasteiger partial charge in [-0.2, -0.15) is 4.99 Å². The summed E-state index contributed by atoms with van der Waals surface area (Å²) in [6, 6.07) is 3.24. The van der Waals surface area contributed by atoms with Crippen molar-refractivity contribution in [2.75, 3.05) is 7.11 Å². The smallest absolute Gasteiger partial charge is 0.235 e.